The first-order chi connectivity index (χ1) is 13.4. The SMILES string of the molecule is CCOc1cc(/C=C2\SC(=S)NC2=O)ccc1OC(=O)/C=C1/SC(=O)NC1=O. The molecule has 2 fully saturated rings. The normalized spacial score (nSPS) is 19.2. The fraction of sp³-hybridized carbons (Fsp3) is 0.118. The van der Waals surface area contributed by atoms with Crippen molar-refractivity contribution in [1.29, 1.82) is 0 Å². The Morgan fingerprint density at radius 1 is 1.11 bits per heavy atom. The summed E-state index contributed by atoms with van der Waals surface area (Å²) in [6.45, 7) is 2.08. The number of imide groups is 1. The highest BCUT2D eigenvalue weighted by atomic mass is 32.2. The minimum atomic E-state index is -0.824. The van der Waals surface area contributed by atoms with E-state index in [2.05, 4.69) is 10.6 Å². The number of carbonyl (C=O) groups is 4. The Morgan fingerprint density at radius 3 is 2.46 bits per heavy atom. The molecule has 144 valence electrons. The molecule has 0 aromatic heterocycles. The third kappa shape index (κ3) is 4.80. The van der Waals surface area contributed by atoms with Crippen molar-refractivity contribution in [2.45, 2.75) is 6.92 Å². The first-order valence-electron chi connectivity index (χ1n) is 7.84. The Balaban J connectivity index is 1.80. The molecule has 2 heterocycles. The molecule has 1 aromatic carbocycles. The van der Waals surface area contributed by atoms with Crippen LogP contribution in [0.25, 0.3) is 6.08 Å². The molecular formula is C17H12N2O6S3. The van der Waals surface area contributed by atoms with Gasteiger partial charge in [-0.1, -0.05) is 30.0 Å². The van der Waals surface area contributed by atoms with Crippen molar-refractivity contribution in [3.63, 3.8) is 0 Å². The summed E-state index contributed by atoms with van der Waals surface area (Å²) in [5.41, 5.74) is 0.653. The first kappa shape index (κ1) is 20.1. The molecule has 1 aromatic rings. The van der Waals surface area contributed by atoms with E-state index in [4.69, 9.17) is 21.7 Å². The van der Waals surface area contributed by atoms with Crippen LogP contribution in [0.4, 0.5) is 4.79 Å². The molecule has 2 N–H and O–H groups in total. The molecule has 3 rings (SSSR count). The van der Waals surface area contributed by atoms with E-state index >= 15 is 0 Å². The number of ether oxygens (including phenoxy) is 2. The molecule has 0 aliphatic carbocycles. The summed E-state index contributed by atoms with van der Waals surface area (Å²) in [6.07, 6.45) is 2.58. The lowest BCUT2D eigenvalue weighted by atomic mass is 10.2. The van der Waals surface area contributed by atoms with Crippen molar-refractivity contribution >= 4 is 69.2 Å². The lowest BCUT2D eigenvalue weighted by Gasteiger charge is -2.10. The van der Waals surface area contributed by atoms with Crippen LogP contribution in [0.15, 0.2) is 34.1 Å². The van der Waals surface area contributed by atoms with Crippen LogP contribution in [0, 0.1) is 0 Å². The van der Waals surface area contributed by atoms with Gasteiger partial charge >= 0.3 is 5.97 Å². The molecule has 0 unspecified atom stereocenters. The maximum absolute atomic E-state index is 12.1. The summed E-state index contributed by atoms with van der Waals surface area (Å²) in [4.78, 5) is 46.9. The number of thioether (sulfide) groups is 2. The third-order valence-electron chi connectivity index (χ3n) is 3.31. The quantitative estimate of drug-likeness (QED) is 0.311. The van der Waals surface area contributed by atoms with Crippen molar-refractivity contribution in [2.75, 3.05) is 6.61 Å². The summed E-state index contributed by atoms with van der Waals surface area (Å²) in [5.74, 6) is -1.33. The Kier molecular flexibility index (Phi) is 6.17. The molecule has 0 atom stereocenters. The van der Waals surface area contributed by atoms with Gasteiger partial charge in [0.1, 0.15) is 4.32 Å². The topological polar surface area (TPSA) is 111 Å². The maximum Gasteiger partial charge on any atom is 0.337 e. The highest BCUT2D eigenvalue weighted by Crippen LogP contribution is 2.32. The molecule has 8 nitrogen and oxygen atoms in total. The smallest absolute Gasteiger partial charge is 0.337 e. The van der Waals surface area contributed by atoms with E-state index in [1.165, 1.54) is 6.07 Å². The second-order valence-electron chi connectivity index (χ2n) is 5.26. The summed E-state index contributed by atoms with van der Waals surface area (Å²) in [6, 6.07) is 4.76. The molecule has 0 saturated carbocycles. The van der Waals surface area contributed by atoms with Crippen LogP contribution in [-0.4, -0.2) is 34.0 Å². The van der Waals surface area contributed by atoms with Crippen LogP contribution in [0.2, 0.25) is 0 Å². The van der Waals surface area contributed by atoms with E-state index in [1.54, 1.807) is 25.1 Å². The van der Waals surface area contributed by atoms with Gasteiger partial charge in [0.15, 0.2) is 11.5 Å². The van der Waals surface area contributed by atoms with Gasteiger partial charge in [0.05, 0.1) is 16.4 Å². The number of amides is 3. The summed E-state index contributed by atoms with van der Waals surface area (Å²) < 4.78 is 11.1. The Labute approximate surface area is 173 Å². The van der Waals surface area contributed by atoms with Crippen molar-refractivity contribution in [2.24, 2.45) is 0 Å². The van der Waals surface area contributed by atoms with Gasteiger partial charge in [-0.2, -0.15) is 0 Å². The first-order valence-corrected chi connectivity index (χ1v) is 9.88. The number of benzene rings is 1. The van der Waals surface area contributed by atoms with Crippen LogP contribution in [0.3, 0.4) is 0 Å². The average Bonchev–Trinajstić information content (AvgIpc) is 3.10. The van der Waals surface area contributed by atoms with Gasteiger partial charge in [0, 0.05) is 6.08 Å². The van der Waals surface area contributed by atoms with Crippen molar-refractivity contribution in [1.82, 2.24) is 10.6 Å². The zero-order valence-corrected chi connectivity index (χ0v) is 16.7. The number of hydrogen-bond acceptors (Lipinski definition) is 9. The minimum absolute atomic E-state index is 0.0467. The molecule has 2 aliphatic heterocycles. The molecular weight excluding hydrogens is 424 g/mol. The van der Waals surface area contributed by atoms with Gasteiger partial charge in [0.25, 0.3) is 17.1 Å². The summed E-state index contributed by atoms with van der Waals surface area (Å²) in [7, 11) is 0. The van der Waals surface area contributed by atoms with E-state index in [-0.39, 0.29) is 22.3 Å². The molecule has 3 amide bonds. The zero-order chi connectivity index (χ0) is 20.3. The van der Waals surface area contributed by atoms with Gasteiger partial charge < -0.3 is 14.8 Å². The van der Waals surface area contributed by atoms with Crippen LogP contribution in [-0.2, 0) is 14.4 Å². The molecule has 2 aliphatic rings. The van der Waals surface area contributed by atoms with Crippen molar-refractivity contribution in [3.8, 4) is 11.5 Å². The Morgan fingerprint density at radius 2 is 1.86 bits per heavy atom. The molecule has 0 bridgehead atoms. The number of rotatable bonds is 5. The van der Waals surface area contributed by atoms with Gasteiger partial charge in [0.2, 0.25) is 0 Å². The Bertz CT molecular complexity index is 970. The average molecular weight is 436 g/mol. The Hall–Kier alpha value is -2.63. The van der Waals surface area contributed by atoms with Crippen LogP contribution in [0.1, 0.15) is 12.5 Å². The highest BCUT2D eigenvalue weighted by Gasteiger charge is 2.26. The van der Waals surface area contributed by atoms with Gasteiger partial charge in [-0.25, -0.2) is 4.79 Å². The predicted molar refractivity (Wildman–Crippen MR) is 109 cm³/mol. The van der Waals surface area contributed by atoms with Gasteiger partial charge in [-0.15, -0.1) is 0 Å². The second kappa shape index (κ2) is 8.59. The minimum Gasteiger partial charge on any atom is -0.490 e. The number of esters is 1. The van der Waals surface area contributed by atoms with Crippen LogP contribution >= 0.6 is 35.7 Å². The number of thiocarbonyl (C=S) groups is 1. The second-order valence-corrected chi connectivity index (χ2v) is 8.00. The van der Waals surface area contributed by atoms with E-state index in [0.29, 0.717) is 33.2 Å². The van der Waals surface area contributed by atoms with Crippen LogP contribution in [0.5, 0.6) is 11.5 Å². The predicted octanol–water partition coefficient (Wildman–Crippen LogP) is 2.35. The zero-order valence-electron chi connectivity index (χ0n) is 14.3. The lowest BCUT2D eigenvalue weighted by Crippen LogP contribution is -2.18. The standard InChI is InChI=1S/C17H12N2O6S3/c1-2-24-10-5-8(6-11-15(22)19-17(26)28-11)3-4-9(10)25-13(20)7-12-14(21)18-16(23)27-12/h3-7H,2H2,1H3,(H,18,21,23)(H,19,22,26)/b11-6-,12-7+. The molecule has 28 heavy (non-hydrogen) atoms. The monoisotopic (exact) mass is 436 g/mol. The fourth-order valence-electron chi connectivity index (χ4n) is 2.21. The van der Waals surface area contributed by atoms with Crippen molar-refractivity contribution < 1.29 is 28.7 Å². The number of carbonyl (C=O) groups excluding carboxylic acids is 4. The lowest BCUT2D eigenvalue weighted by molar-refractivity contribution is -0.129. The van der Waals surface area contributed by atoms with Gasteiger partial charge in [-0.3, -0.25) is 19.7 Å². The van der Waals surface area contributed by atoms with E-state index in [0.717, 1.165) is 17.8 Å². The maximum atomic E-state index is 12.1. The summed E-state index contributed by atoms with van der Waals surface area (Å²) >= 11 is 6.72. The molecule has 0 radical (unpaired) electrons. The fourth-order valence-corrected chi connectivity index (χ4v) is 3.89. The highest BCUT2D eigenvalue weighted by molar-refractivity contribution is 8.26. The van der Waals surface area contributed by atoms with E-state index in [9.17, 15) is 19.2 Å². The van der Waals surface area contributed by atoms with E-state index < -0.39 is 17.1 Å². The number of hydrogen-bond donors (Lipinski definition) is 2. The molecule has 0 spiro atoms. The molecule has 11 heteroatoms. The van der Waals surface area contributed by atoms with Gasteiger partial charge in [-0.05, 0) is 42.5 Å². The van der Waals surface area contributed by atoms with E-state index in [1.807, 2.05) is 0 Å². The summed E-state index contributed by atoms with van der Waals surface area (Å²) in [5, 5.41) is 4.03. The van der Waals surface area contributed by atoms with Crippen LogP contribution < -0.4 is 20.1 Å². The number of nitrogens with one attached hydrogen (secondary N) is 2. The third-order valence-corrected chi connectivity index (χ3v) is 5.28. The largest absolute Gasteiger partial charge is 0.490 e. The molecule has 2 saturated heterocycles. The van der Waals surface area contributed by atoms with Crippen molar-refractivity contribution in [3.05, 3.63) is 39.6 Å².